The minimum Gasteiger partial charge on any atom is -0.384 e. The maximum absolute atomic E-state index is 12.1. The molecule has 0 aliphatic heterocycles. The number of aliphatic hydroxyl groups is 1. The molecule has 0 saturated heterocycles. The van der Waals surface area contributed by atoms with Gasteiger partial charge in [-0.15, -0.1) is 0 Å². The zero-order valence-electron chi connectivity index (χ0n) is 11.9. The van der Waals surface area contributed by atoms with Gasteiger partial charge >= 0.3 is 0 Å². The lowest BCUT2D eigenvalue weighted by Crippen LogP contribution is -2.27. The van der Waals surface area contributed by atoms with Gasteiger partial charge in [0.15, 0.2) is 0 Å². The summed E-state index contributed by atoms with van der Waals surface area (Å²) in [6, 6.07) is 5.55. The molecule has 1 aliphatic rings. The molecule has 0 aromatic heterocycles. The summed E-state index contributed by atoms with van der Waals surface area (Å²) >= 11 is 0. The van der Waals surface area contributed by atoms with Crippen LogP contribution in [0.4, 0.5) is 0 Å². The number of nitrogens with one attached hydrogen (secondary N) is 1. The molecule has 0 radical (unpaired) electrons. The van der Waals surface area contributed by atoms with Crippen LogP contribution in [-0.4, -0.2) is 24.2 Å². The van der Waals surface area contributed by atoms with Gasteiger partial charge in [-0.25, -0.2) is 0 Å². The molecule has 1 aromatic carbocycles. The van der Waals surface area contributed by atoms with Crippen LogP contribution < -0.4 is 5.32 Å². The first-order chi connectivity index (χ1) is 9.69. The van der Waals surface area contributed by atoms with E-state index in [-0.39, 0.29) is 12.5 Å². The molecule has 3 heteroatoms. The summed E-state index contributed by atoms with van der Waals surface area (Å²) in [5.41, 5.74) is 2.41. The van der Waals surface area contributed by atoms with Crippen LogP contribution in [0.25, 0.3) is 0 Å². The van der Waals surface area contributed by atoms with Crippen LogP contribution in [0.5, 0.6) is 0 Å². The molecule has 20 heavy (non-hydrogen) atoms. The molecule has 1 saturated carbocycles. The first-order valence-electron chi connectivity index (χ1n) is 7.18. The maximum Gasteiger partial charge on any atom is 0.251 e. The van der Waals surface area contributed by atoms with Gasteiger partial charge in [-0.3, -0.25) is 4.79 Å². The first kappa shape index (κ1) is 14.6. The fraction of sp³-hybridized carbons (Fsp3) is 0.471. The molecule has 0 unspecified atom stereocenters. The summed E-state index contributed by atoms with van der Waals surface area (Å²) in [5.74, 6) is 6.21. The Bertz CT molecular complexity index is 536. The number of carbonyl (C=O) groups is 1. The Hall–Kier alpha value is -1.79. The SMILES string of the molecule is Cc1cc(C#CCO)cc(C(=O)NCCC2CCC2)c1. The Balaban J connectivity index is 1.95. The minimum absolute atomic E-state index is 0.0416. The van der Waals surface area contributed by atoms with E-state index in [2.05, 4.69) is 17.2 Å². The molecule has 1 amide bonds. The number of aryl methyl sites for hydroxylation is 1. The summed E-state index contributed by atoms with van der Waals surface area (Å²) in [6.45, 7) is 2.52. The number of rotatable bonds is 4. The Kier molecular flexibility index (Phi) is 5.20. The lowest BCUT2D eigenvalue weighted by Gasteiger charge is -2.25. The second-order valence-electron chi connectivity index (χ2n) is 5.39. The van der Waals surface area contributed by atoms with Gasteiger partial charge < -0.3 is 10.4 Å². The van der Waals surface area contributed by atoms with Crippen LogP contribution in [0.2, 0.25) is 0 Å². The molecule has 1 aliphatic carbocycles. The second kappa shape index (κ2) is 7.12. The van der Waals surface area contributed by atoms with Crippen molar-refractivity contribution in [2.45, 2.75) is 32.6 Å². The normalized spacial score (nSPS) is 14.1. The molecule has 0 heterocycles. The van der Waals surface area contributed by atoms with E-state index in [0.717, 1.165) is 30.0 Å². The minimum atomic E-state index is -0.170. The number of aliphatic hydroxyl groups excluding tert-OH is 1. The summed E-state index contributed by atoms with van der Waals surface area (Å²) < 4.78 is 0. The molecule has 1 aromatic rings. The highest BCUT2D eigenvalue weighted by molar-refractivity contribution is 5.94. The zero-order valence-corrected chi connectivity index (χ0v) is 11.9. The van der Waals surface area contributed by atoms with Gasteiger partial charge in [0.2, 0.25) is 0 Å². The lowest BCUT2D eigenvalue weighted by molar-refractivity contribution is 0.0949. The molecule has 2 N–H and O–H groups in total. The smallest absolute Gasteiger partial charge is 0.251 e. The molecule has 106 valence electrons. The number of carbonyl (C=O) groups excluding carboxylic acids is 1. The average Bonchev–Trinajstić information content (AvgIpc) is 2.38. The van der Waals surface area contributed by atoms with Gasteiger partial charge in [0, 0.05) is 17.7 Å². The molecule has 3 nitrogen and oxygen atoms in total. The van der Waals surface area contributed by atoms with E-state index in [0.29, 0.717) is 5.56 Å². The highest BCUT2D eigenvalue weighted by Crippen LogP contribution is 2.28. The van der Waals surface area contributed by atoms with Gasteiger partial charge in [0.05, 0.1) is 0 Å². The third-order valence-electron chi connectivity index (χ3n) is 3.71. The van der Waals surface area contributed by atoms with Crippen molar-refractivity contribution in [1.82, 2.24) is 5.32 Å². The lowest BCUT2D eigenvalue weighted by atomic mass is 9.83. The number of amides is 1. The highest BCUT2D eigenvalue weighted by atomic mass is 16.2. The molecule has 0 bridgehead atoms. The Morgan fingerprint density at radius 2 is 2.20 bits per heavy atom. The van der Waals surface area contributed by atoms with Crippen LogP contribution >= 0.6 is 0 Å². The molecule has 0 spiro atoms. The van der Waals surface area contributed by atoms with Gasteiger partial charge in [-0.2, -0.15) is 0 Å². The van der Waals surface area contributed by atoms with Crippen molar-refractivity contribution in [1.29, 1.82) is 0 Å². The van der Waals surface area contributed by atoms with Crippen LogP contribution in [0.3, 0.4) is 0 Å². The first-order valence-corrected chi connectivity index (χ1v) is 7.18. The van der Waals surface area contributed by atoms with Crippen molar-refractivity contribution in [2.75, 3.05) is 13.2 Å². The second-order valence-corrected chi connectivity index (χ2v) is 5.39. The van der Waals surface area contributed by atoms with Gasteiger partial charge in [0.25, 0.3) is 5.91 Å². The molecule has 1 fully saturated rings. The van der Waals surface area contributed by atoms with Crippen LogP contribution in [0, 0.1) is 24.7 Å². The predicted molar refractivity (Wildman–Crippen MR) is 79.4 cm³/mol. The number of benzene rings is 1. The van der Waals surface area contributed by atoms with Gasteiger partial charge in [-0.05, 0) is 43.0 Å². The van der Waals surface area contributed by atoms with E-state index < -0.39 is 0 Å². The van der Waals surface area contributed by atoms with Crippen molar-refractivity contribution in [3.63, 3.8) is 0 Å². The van der Waals surface area contributed by atoms with Crippen molar-refractivity contribution in [3.05, 3.63) is 34.9 Å². The van der Waals surface area contributed by atoms with E-state index in [1.165, 1.54) is 19.3 Å². The fourth-order valence-corrected chi connectivity index (χ4v) is 2.40. The van der Waals surface area contributed by atoms with Crippen LogP contribution in [0.15, 0.2) is 18.2 Å². The van der Waals surface area contributed by atoms with Crippen molar-refractivity contribution >= 4 is 5.91 Å². The van der Waals surface area contributed by atoms with E-state index in [4.69, 9.17) is 5.11 Å². The van der Waals surface area contributed by atoms with E-state index in [9.17, 15) is 4.79 Å². The van der Waals surface area contributed by atoms with Crippen molar-refractivity contribution in [3.8, 4) is 11.8 Å². The van der Waals surface area contributed by atoms with E-state index in [1.807, 2.05) is 19.1 Å². The van der Waals surface area contributed by atoms with E-state index in [1.54, 1.807) is 6.07 Å². The van der Waals surface area contributed by atoms with Crippen LogP contribution in [-0.2, 0) is 0 Å². The van der Waals surface area contributed by atoms with Gasteiger partial charge in [-0.1, -0.05) is 31.1 Å². The fourth-order valence-electron chi connectivity index (χ4n) is 2.40. The van der Waals surface area contributed by atoms with Gasteiger partial charge in [0.1, 0.15) is 6.61 Å². The third kappa shape index (κ3) is 4.11. The molecular weight excluding hydrogens is 250 g/mol. The summed E-state index contributed by atoms with van der Waals surface area (Å²) in [4.78, 5) is 12.1. The Morgan fingerprint density at radius 3 is 2.85 bits per heavy atom. The van der Waals surface area contributed by atoms with E-state index >= 15 is 0 Å². The quantitative estimate of drug-likeness (QED) is 0.825. The average molecular weight is 271 g/mol. The highest BCUT2D eigenvalue weighted by Gasteiger charge is 2.17. The monoisotopic (exact) mass is 271 g/mol. The standard InChI is InChI=1S/C17H21NO2/c1-13-10-15(6-3-9-19)12-16(11-13)17(20)18-8-7-14-4-2-5-14/h10-12,14,19H,2,4-5,7-9H2,1H3,(H,18,20). The van der Waals surface area contributed by atoms with Crippen LogP contribution in [0.1, 0.15) is 47.2 Å². The Labute approximate surface area is 120 Å². The largest absolute Gasteiger partial charge is 0.384 e. The topological polar surface area (TPSA) is 49.3 Å². The zero-order chi connectivity index (χ0) is 14.4. The Morgan fingerprint density at radius 1 is 1.40 bits per heavy atom. The summed E-state index contributed by atoms with van der Waals surface area (Å²) in [6.07, 6.45) is 5.03. The predicted octanol–water partition coefficient (Wildman–Crippen LogP) is 2.26. The molecular formula is C17H21NO2. The third-order valence-corrected chi connectivity index (χ3v) is 3.71. The number of hydrogen-bond donors (Lipinski definition) is 2. The summed E-state index contributed by atoms with van der Waals surface area (Å²) in [7, 11) is 0. The maximum atomic E-state index is 12.1. The molecule has 0 atom stereocenters. The summed E-state index contributed by atoms with van der Waals surface area (Å²) in [5, 5.41) is 11.7. The van der Waals surface area contributed by atoms with Crippen molar-refractivity contribution in [2.24, 2.45) is 5.92 Å². The molecule has 2 rings (SSSR count). The van der Waals surface area contributed by atoms with Crippen molar-refractivity contribution < 1.29 is 9.90 Å². The number of hydrogen-bond acceptors (Lipinski definition) is 2.